The predicted octanol–water partition coefficient (Wildman–Crippen LogP) is 3.80. The summed E-state index contributed by atoms with van der Waals surface area (Å²) in [5.74, 6) is 0.527. The summed E-state index contributed by atoms with van der Waals surface area (Å²) in [4.78, 5) is 31.6. The molecule has 0 saturated carbocycles. The van der Waals surface area contributed by atoms with Gasteiger partial charge in [-0.3, -0.25) is 14.2 Å². The number of aryl methyl sites for hydroxylation is 2. The number of carbonyl (C=O) groups excluding carboxylic acids is 1. The van der Waals surface area contributed by atoms with E-state index in [0.717, 1.165) is 56.3 Å². The smallest absolute Gasteiger partial charge is 0.261 e. The molecule has 3 heterocycles. The first-order chi connectivity index (χ1) is 14.2. The molecule has 5 rings (SSSR count). The quantitative estimate of drug-likeness (QED) is 0.704. The average molecular weight is 404 g/mol. The van der Waals surface area contributed by atoms with Crippen molar-refractivity contribution < 1.29 is 4.79 Å². The summed E-state index contributed by atoms with van der Waals surface area (Å²) >= 11 is 1.50. The molecule has 6 nitrogen and oxygen atoms in total. The lowest BCUT2D eigenvalue weighted by Crippen LogP contribution is -2.24. The van der Waals surface area contributed by atoms with Gasteiger partial charge in [-0.25, -0.2) is 4.98 Å². The minimum atomic E-state index is -0.278. The summed E-state index contributed by atoms with van der Waals surface area (Å²) in [6, 6.07) is 7.29. The van der Waals surface area contributed by atoms with E-state index >= 15 is 0 Å². The van der Waals surface area contributed by atoms with Gasteiger partial charge in [-0.05, 0) is 55.9 Å². The fourth-order valence-electron chi connectivity index (χ4n) is 4.35. The highest BCUT2D eigenvalue weighted by Gasteiger charge is 2.23. The van der Waals surface area contributed by atoms with Gasteiger partial charge in [0, 0.05) is 23.4 Å². The zero-order valence-electron chi connectivity index (χ0n) is 16.0. The lowest BCUT2D eigenvalue weighted by molar-refractivity contribution is 0.102. The number of aromatic nitrogens is 2. The average Bonchev–Trinajstić information content (AvgIpc) is 3.20. The van der Waals surface area contributed by atoms with Crippen molar-refractivity contribution in [2.24, 2.45) is 0 Å². The third-order valence-electron chi connectivity index (χ3n) is 5.84. The first kappa shape index (κ1) is 18.1. The highest BCUT2D eigenvalue weighted by molar-refractivity contribution is 7.16. The molecule has 0 radical (unpaired) electrons. The van der Waals surface area contributed by atoms with Crippen LogP contribution in [0.1, 0.15) is 57.9 Å². The van der Waals surface area contributed by atoms with Gasteiger partial charge in [0.05, 0.1) is 16.5 Å². The minimum absolute atomic E-state index is 0.0275. The molecule has 29 heavy (non-hydrogen) atoms. The fraction of sp³-hybridized carbons (Fsp3) is 0.364. The molecule has 1 aliphatic heterocycles. The van der Waals surface area contributed by atoms with E-state index in [4.69, 9.17) is 4.98 Å². The SMILES string of the molecule is N#Cc1c(NC(=O)c2ccc3c(=O)n4c(nc3c2)CCCCC4)sc2c1CCC2. The van der Waals surface area contributed by atoms with Crippen molar-refractivity contribution in [3.05, 3.63) is 55.9 Å². The molecule has 0 fully saturated rings. The Morgan fingerprint density at radius 2 is 2.07 bits per heavy atom. The Bertz CT molecular complexity index is 1250. The minimum Gasteiger partial charge on any atom is -0.312 e. The van der Waals surface area contributed by atoms with Gasteiger partial charge in [-0.15, -0.1) is 11.3 Å². The molecule has 146 valence electrons. The van der Waals surface area contributed by atoms with Crippen LogP contribution in [0.3, 0.4) is 0 Å². The molecule has 1 aromatic carbocycles. The Morgan fingerprint density at radius 1 is 1.17 bits per heavy atom. The molecule has 1 N–H and O–H groups in total. The summed E-state index contributed by atoms with van der Waals surface area (Å²) in [7, 11) is 0. The Balaban J connectivity index is 1.50. The second kappa shape index (κ2) is 7.12. The lowest BCUT2D eigenvalue weighted by atomic mass is 10.1. The summed E-state index contributed by atoms with van der Waals surface area (Å²) < 4.78 is 1.78. The number of fused-ring (bicyclic) bond motifs is 3. The van der Waals surface area contributed by atoms with Crippen LogP contribution in [-0.4, -0.2) is 15.5 Å². The molecule has 0 bridgehead atoms. The number of rotatable bonds is 2. The van der Waals surface area contributed by atoms with Gasteiger partial charge in [0.2, 0.25) is 0 Å². The normalized spacial score (nSPS) is 15.4. The monoisotopic (exact) mass is 404 g/mol. The molecule has 3 aromatic rings. The molecular weight excluding hydrogens is 384 g/mol. The van der Waals surface area contributed by atoms with Crippen LogP contribution in [0.4, 0.5) is 5.00 Å². The van der Waals surface area contributed by atoms with E-state index in [1.54, 1.807) is 22.8 Å². The Morgan fingerprint density at radius 3 is 2.93 bits per heavy atom. The van der Waals surface area contributed by atoms with Crippen molar-refractivity contribution in [1.29, 1.82) is 5.26 Å². The summed E-state index contributed by atoms with van der Waals surface area (Å²) in [6.45, 7) is 0.708. The number of benzene rings is 1. The Labute approximate surface area is 171 Å². The Kier molecular flexibility index (Phi) is 4.44. The third kappa shape index (κ3) is 3.04. The molecule has 7 heteroatoms. The van der Waals surface area contributed by atoms with Gasteiger partial charge in [0.1, 0.15) is 16.9 Å². The number of thiophene rings is 1. The summed E-state index contributed by atoms with van der Waals surface area (Å²) in [5.41, 5.74) is 2.66. The fourth-order valence-corrected chi connectivity index (χ4v) is 5.58. The number of carbonyl (C=O) groups is 1. The van der Waals surface area contributed by atoms with Crippen LogP contribution in [0, 0.1) is 11.3 Å². The number of hydrogen-bond acceptors (Lipinski definition) is 5. The molecule has 1 amide bonds. The highest BCUT2D eigenvalue weighted by Crippen LogP contribution is 2.38. The molecule has 0 spiro atoms. The molecular formula is C22H20N4O2S. The number of amides is 1. The number of hydrogen-bond donors (Lipinski definition) is 1. The number of nitrogens with one attached hydrogen (secondary N) is 1. The molecule has 2 aromatic heterocycles. The van der Waals surface area contributed by atoms with Crippen molar-refractivity contribution in [3.63, 3.8) is 0 Å². The maximum Gasteiger partial charge on any atom is 0.261 e. The van der Waals surface area contributed by atoms with E-state index in [-0.39, 0.29) is 11.5 Å². The standard InChI is InChI=1S/C22H20N4O2S/c23-12-16-14-5-4-6-18(14)29-21(16)25-20(27)13-8-9-15-17(11-13)24-19-7-2-1-3-10-26(19)22(15)28/h8-9,11H,1-7,10H2,(H,25,27). The molecule has 0 atom stereocenters. The van der Waals surface area contributed by atoms with Gasteiger partial charge >= 0.3 is 0 Å². The zero-order chi connectivity index (χ0) is 20.0. The third-order valence-corrected chi connectivity index (χ3v) is 7.05. The largest absolute Gasteiger partial charge is 0.312 e. The van der Waals surface area contributed by atoms with E-state index in [0.29, 0.717) is 33.6 Å². The number of nitrogens with zero attached hydrogens (tertiary/aromatic N) is 3. The van der Waals surface area contributed by atoms with Crippen LogP contribution < -0.4 is 10.9 Å². The summed E-state index contributed by atoms with van der Waals surface area (Å²) in [6.07, 6.45) is 6.84. The zero-order valence-corrected chi connectivity index (χ0v) is 16.8. The highest BCUT2D eigenvalue weighted by atomic mass is 32.1. The van der Waals surface area contributed by atoms with Crippen LogP contribution in [-0.2, 0) is 25.8 Å². The van der Waals surface area contributed by atoms with Crippen molar-refractivity contribution >= 4 is 33.1 Å². The van der Waals surface area contributed by atoms with Crippen LogP contribution >= 0.6 is 11.3 Å². The number of nitriles is 1. The maximum atomic E-state index is 12.9. The molecule has 2 aliphatic rings. The van der Waals surface area contributed by atoms with Crippen molar-refractivity contribution in [3.8, 4) is 6.07 Å². The van der Waals surface area contributed by atoms with Gasteiger partial charge < -0.3 is 5.32 Å². The van der Waals surface area contributed by atoms with E-state index in [2.05, 4.69) is 11.4 Å². The molecule has 0 unspecified atom stereocenters. The van der Waals surface area contributed by atoms with Gasteiger partial charge in [0.25, 0.3) is 11.5 Å². The van der Waals surface area contributed by atoms with Crippen LogP contribution in [0.5, 0.6) is 0 Å². The molecule has 0 saturated heterocycles. The van der Waals surface area contributed by atoms with Crippen molar-refractivity contribution in [2.45, 2.75) is 51.5 Å². The Hall–Kier alpha value is -2.98. The van der Waals surface area contributed by atoms with E-state index in [9.17, 15) is 14.9 Å². The maximum absolute atomic E-state index is 12.9. The second-order valence-electron chi connectivity index (χ2n) is 7.65. The van der Waals surface area contributed by atoms with Gasteiger partial charge in [-0.1, -0.05) is 6.42 Å². The summed E-state index contributed by atoms with van der Waals surface area (Å²) in [5, 5.41) is 13.6. The van der Waals surface area contributed by atoms with Gasteiger partial charge in [0.15, 0.2) is 0 Å². The van der Waals surface area contributed by atoms with Crippen LogP contribution in [0.15, 0.2) is 23.0 Å². The van der Waals surface area contributed by atoms with E-state index in [1.165, 1.54) is 16.2 Å². The van der Waals surface area contributed by atoms with Crippen molar-refractivity contribution in [1.82, 2.24) is 9.55 Å². The molecule has 1 aliphatic carbocycles. The van der Waals surface area contributed by atoms with Crippen LogP contribution in [0.25, 0.3) is 10.9 Å². The van der Waals surface area contributed by atoms with E-state index < -0.39 is 0 Å². The van der Waals surface area contributed by atoms with Crippen molar-refractivity contribution in [2.75, 3.05) is 5.32 Å². The second-order valence-corrected chi connectivity index (χ2v) is 8.76. The first-order valence-corrected chi connectivity index (χ1v) is 10.9. The lowest BCUT2D eigenvalue weighted by Gasteiger charge is -2.11. The van der Waals surface area contributed by atoms with Gasteiger partial charge in [-0.2, -0.15) is 5.26 Å². The first-order valence-electron chi connectivity index (χ1n) is 10.0. The topological polar surface area (TPSA) is 87.8 Å². The van der Waals surface area contributed by atoms with Crippen LogP contribution in [0.2, 0.25) is 0 Å². The van der Waals surface area contributed by atoms with E-state index in [1.807, 2.05) is 0 Å². The predicted molar refractivity (Wildman–Crippen MR) is 113 cm³/mol. The number of anilines is 1.